The van der Waals surface area contributed by atoms with Gasteiger partial charge in [0.2, 0.25) is 0 Å². The Kier molecular flexibility index (Phi) is 12.2. The Morgan fingerprint density at radius 1 is 0.714 bits per heavy atom. The van der Waals surface area contributed by atoms with Crippen molar-refractivity contribution in [2.45, 2.75) is 103 Å². The fourth-order valence-corrected chi connectivity index (χ4v) is 5.19. The van der Waals surface area contributed by atoms with E-state index < -0.39 is 6.61 Å². The normalized spacial score (nSPS) is 17.7. The number of alkyl halides is 2. The Balaban J connectivity index is 1.31. The Bertz CT molecular complexity index is 884. The molecule has 3 rings (SSSR count). The van der Waals surface area contributed by atoms with Gasteiger partial charge in [-0.2, -0.15) is 8.78 Å². The molecule has 35 heavy (non-hydrogen) atoms. The first-order chi connectivity index (χ1) is 17.1. The topological polar surface area (TPSA) is 9.23 Å². The van der Waals surface area contributed by atoms with E-state index in [1.54, 1.807) is 12.1 Å². The molecule has 0 radical (unpaired) electrons. The number of benzene rings is 2. The van der Waals surface area contributed by atoms with E-state index in [1.165, 1.54) is 101 Å². The zero-order chi connectivity index (χ0) is 24.7. The Labute approximate surface area is 211 Å². The average Bonchev–Trinajstić information content (AvgIpc) is 2.87. The summed E-state index contributed by atoms with van der Waals surface area (Å²) in [6.45, 7) is -0.520. The summed E-state index contributed by atoms with van der Waals surface area (Å²) in [5.74, 6) is 8.25. The molecule has 1 aliphatic rings. The van der Waals surface area contributed by atoms with E-state index in [-0.39, 0.29) is 5.75 Å². The van der Waals surface area contributed by atoms with E-state index in [1.807, 2.05) is 0 Å². The number of unbranched alkanes of at least 4 members (excludes halogenated alkanes) is 6. The maximum absolute atomic E-state index is 12.2. The highest BCUT2D eigenvalue weighted by molar-refractivity contribution is 5.44. The lowest BCUT2D eigenvalue weighted by atomic mass is 9.77. The van der Waals surface area contributed by atoms with Crippen molar-refractivity contribution in [3.63, 3.8) is 0 Å². The van der Waals surface area contributed by atoms with Gasteiger partial charge in [0.25, 0.3) is 0 Å². The van der Waals surface area contributed by atoms with Crippen LogP contribution in [0.4, 0.5) is 8.78 Å². The van der Waals surface area contributed by atoms with Crippen LogP contribution in [0.1, 0.15) is 107 Å². The van der Waals surface area contributed by atoms with Crippen LogP contribution in [0.15, 0.2) is 48.5 Å². The van der Waals surface area contributed by atoms with Gasteiger partial charge in [0.05, 0.1) is 0 Å². The lowest BCUT2D eigenvalue weighted by molar-refractivity contribution is -0.0498. The second-order valence-electron chi connectivity index (χ2n) is 10.2. The van der Waals surface area contributed by atoms with Gasteiger partial charge >= 0.3 is 6.61 Å². The summed E-state index contributed by atoms with van der Waals surface area (Å²) in [5.41, 5.74) is 3.13. The summed E-state index contributed by atoms with van der Waals surface area (Å²) in [6, 6.07) is 15.0. The predicted octanol–water partition coefficient (Wildman–Crippen LogP) is 9.57. The molecule has 0 aromatic heterocycles. The fraction of sp³-hybridized carbons (Fsp3) is 0.562. The van der Waals surface area contributed by atoms with Gasteiger partial charge in [-0.3, -0.25) is 0 Å². The van der Waals surface area contributed by atoms with Crippen LogP contribution in [0.25, 0.3) is 0 Å². The Morgan fingerprint density at radius 2 is 1.23 bits per heavy atom. The molecule has 3 heteroatoms. The fourth-order valence-electron chi connectivity index (χ4n) is 5.19. The van der Waals surface area contributed by atoms with Gasteiger partial charge in [0.15, 0.2) is 0 Å². The number of hydrogen-bond acceptors (Lipinski definition) is 1. The van der Waals surface area contributed by atoms with Crippen molar-refractivity contribution in [1.29, 1.82) is 0 Å². The van der Waals surface area contributed by atoms with E-state index in [2.05, 4.69) is 47.8 Å². The molecule has 0 saturated heterocycles. The molecule has 0 bridgehead atoms. The molecule has 1 saturated carbocycles. The predicted molar refractivity (Wildman–Crippen MR) is 142 cm³/mol. The number of aryl methyl sites for hydroxylation is 1. The lowest BCUT2D eigenvalue weighted by Crippen LogP contribution is -2.15. The first-order valence-electron chi connectivity index (χ1n) is 13.8. The third-order valence-corrected chi connectivity index (χ3v) is 7.41. The van der Waals surface area contributed by atoms with Crippen LogP contribution in [-0.2, 0) is 6.42 Å². The van der Waals surface area contributed by atoms with Crippen molar-refractivity contribution in [3.8, 4) is 17.6 Å². The SMILES string of the molecule is CCCCCCCCCC1CCC(CCc2ccc(C#Cc3ccc(OC(F)F)cc3)cc2)CC1. The molecule has 0 spiro atoms. The van der Waals surface area contributed by atoms with Gasteiger partial charge in [-0.15, -0.1) is 0 Å². The molecule has 0 aliphatic heterocycles. The van der Waals surface area contributed by atoms with Crippen molar-refractivity contribution in [3.05, 3.63) is 65.2 Å². The zero-order valence-electron chi connectivity index (χ0n) is 21.4. The molecule has 0 atom stereocenters. The van der Waals surface area contributed by atoms with E-state index >= 15 is 0 Å². The smallest absolute Gasteiger partial charge is 0.387 e. The van der Waals surface area contributed by atoms with Crippen molar-refractivity contribution in [2.24, 2.45) is 11.8 Å². The molecular formula is C32H42F2O. The van der Waals surface area contributed by atoms with Gasteiger partial charge in [0, 0.05) is 11.1 Å². The van der Waals surface area contributed by atoms with Gasteiger partial charge < -0.3 is 4.74 Å². The van der Waals surface area contributed by atoms with Crippen LogP contribution in [0, 0.1) is 23.7 Å². The van der Waals surface area contributed by atoms with E-state index in [0.29, 0.717) is 0 Å². The van der Waals surface area contributed by atoms with Gasteiger partial charge in [-0.05, 0) is 66.6 Å². The number of ether oxygens (including phenoxy) is 1. The van der Waals surface area contributed by atoms with Crippen LogP contribution >= 0.6 is 0 Å². The van der Waals surface area contributed by atoms with E-state index in [4.69, 9.17) is 0 Å². The quantitative estimate of drug-likeness (QED) is 0.205. The lowest BCUT2D eigenvalue weighted by Gasteiger charge is -2.28. The van der Waals surface area contributed by atoms with Crippen LogP contribution in [0.5, 0.6) is 5.75 Å². The molecule has 2 aromatic rings. The third-order valence-electron chi connectivity index (χ3n) is 7.41. The van der Waals surface area contributed by atoms with E-state index in [0.717, 1.165) is 29.4 Å². The molecule has 1 nitrogen and oxygen atoms in total. The number of halogens is 2. The summed E-state index contributed by atoms with van der Waals surface area (Å²) >= 11 is 0. The summed E-state index contributed by atoms with van der Waals surface area (Å²) in [5, 5.41) is 0. The summed E-state index contributed by atoms with van der Waals surface area (Å²) in [7, 11) is 0. The number of rotatable bonds is 13. The minimum Gasteiger partial charge on any atom is -0.435 e. The van der Waals surface area contributed by atoms with Crippen molar-refractivity contribution in [1.82, 2.24) is 0 Å². The van der Waals surface area contributed by atoms with Gasteiger partial charge in [-0.1, -0.05) is 108 Å². The van der Waals surface area contributed by atoms with Crippen molar-refractivity contribution >= 4 is 0 Å². The highest BCUT2D eigenvalue weighted by Gasteiger charge is 2.20. The van der Waals surface area contributed by atoms with Crippen LogP contribution < -0.4 is 4.74 Å². The average molecular weight is 481 g/mol. The summed E-state index contributed by atoms with van der Waals surface area (Å²) in [4.78, 5) is 0. The highest BCUT2D eigenvalue weighted by atomic mass is 19.3. The first-order valence-corrected chi connectivity index (χ1v) is 13.8. The minimum atomic E-state index is -2.81. The Hall–Kier alpha value is -2.34. The standard InChI is InChI=1S/C32H42F2O/c1-2-3-4-5-6-7-8-9-26-10-12-27(13-11-26)14-15-28-16-18-29(19-17-28)20-21-30-22-24-31(25-23-30)35-32(33)34/h16-19,22-27,32H,2-15H2,1H3. The summed E-state index contributed by atoms with van der Waals surface area (Å²) in [6.07, 6.45) is 19.5. The maximum atomic E-state index is 12.2. The monoisotopic (exact) mass is 480 g/mol. The first kappa shape index (κ1) is 27.3. The van der Waals surface area contributed by atoms with Crippen molar-refractivity contribution in [2.75, 3.05) is 0 Å². The molecule has 1 fully saturated rings. The number of hydrogen-bond donors (Lipinski definition) is 0. The third kappa shape index (κ3) is 10.9. The molecule has 0 heterocycles. The van der Waals surface area contributed by atoms with Crippen LogP contribution in [0.3, 0.4) is 0 Å². The molecule has 2 aromatic carbocycles. The van der Waals surface area contributed by atoms with Crippen LogP contribution in [-0.4, -0.2) is 6.61 Å². The molecular weight excluding hydrogens is 438 g/mol. The van der Waals surface area contributed by atoms with E-state index in [9.17, 15) is 8.78 Å². The summed E-state index contributed by atoms with van der Waals surface area (Å²) < 4.78 is 28.8. The van der Waals surface area contributed by atoms with Crippen LogP contribution in [0.2, 0.25) is 0 Å². The second-order valence-corrected chi connectivity index (χ2v) is 10.2. The van der Waals surface area contributed by atoms with Gasteiger partial charge in [0.1, 0.15) is 5.75 Å². The molecule has 190 valence electrons. The van der Waals surface area contributed by atoms with Gasteiger partial charge in [-0.25, -0.2) is 0 Å². The highest BCUT2D eigenvalue weighted by Crippen LogP contribution is 2.34. The molecule has 0 unspecified atom stereocenters. The molecule has 1 aliphatic carbocycles. The molecule has 0 N–H and O–H groups in total. The second kappa shape index (κ2) is 15.6. The maximum Gasteiger partial charge on any atom is 0.387 e. The zero-order valence-corrected chi connectivity index (χ0v) is 21.4. The Morgan fingerprint density at radius 3 is 1.80 bits per heavy atom. The minimum absolute atomic E-state index is 0.150. The molecule has 0 amide bonds. The van der Waals surface area contributed by atoms with Crippen molar-refractivity contribution < 1.29 is 13.5 Å². The largest absolute Gasteiger partial charge is 0.435 e.